The van der Waals surface area contributed by atoms with Gasteiger partial charge in [-0.3, -0.25) is 0 Å². The van der Waals surface area contributed by atoms with Crippen LogP contribution >= 0.6 is 0 Å². The van der Waals surface area contributed by atoms with E-state index in [1.807, 2.05) is 6.07 Å². The third-order valence-corrected chi connectivity index (χ3v) is 3.53. The van der Waals surface area contributed by atoms with Gasteiger partial charge in [-0.05, 0) is 30.9 Å². The van der Waals surface area contributed by atoms with Crippen LogP contribution in [0, 0.1) is 5.92 Å². The van der Waals surface area contributed by atoms with Crippen LogP contribution < -0.4 is 10.6 Å². The molecule has 1 heterocycles. The van der Waals surface area contributed by atoms with E-state index in [2.05, 4.69) is 4.90 Å². The second-order valence-corrected chi connectivity index (χ2v) is 4.66. The molecule has 1 aromatic carbocycles. The van der Waals surface area contributed by atoms with Crippen molar-refractivity contribution in [2.75, 3.05) is 30.3 Å². The number of carbonyl (C=O) groups is 1. The molecular formula is C13H18N2O3. The van der Waals surface area contributed by atoms with Gasteiger partial charge in [-0.25, -0.2) is 4.79 Å². The highest BCUT2D eigenvalue weighted by Crippen LogP contribution is 2.30. The largest absolute Gasteiger partial charge is 0.478 e. The molecule has 0 spiro atoms. The van der Waals surface area contributed by atoms with Crippen molar-refractivity contribution in [3.63, 3.8) is 0 Å². The van der Waals surface area contributed by atoms with Crippen molar-refractivity contribution >= 4 is 17.3 Å². The summed E-state index contributed by atoms with van der Waals surface area (Å²) in [4.78, 5) is 13.1. The molecule has 98 valence electrons. The number of carboxylic acids is 1. The number of para-hydroxylation sites is 1. The monoisotopic (exact) mass is 250 g/mol. The molecule has 1 saturated heterocycles. The first-order valence-electron chi connectivity index (χ1n) is 6.11. The number of hydrogen-bond acceptors (Lipinski definition) is 4. The van der Waals surface area contributed by atoms with Crippen molar-refractivity contribution in [1.29, 1.82) is 0 Å². The standard InChI is InChI=1S/C13H18N2O3/c14-12-10(13(17)18)2-1-3-11(12)15-6-4-9(8-16)5-7-15/h1-3,9,16H,4-8,14H2,(H,17,18). The lowest BCUT2D eigenvalue weighted by Gasteiger charge is -2.33. The Hall–Kier alpha value is -1.75. The Labute approximate surface area is 106 Å². The van der Waals surface area contributed by atoms with Crippen LogP contribution in [0.25, 0.3) is 0 Å². The average molecular weight is 250 g/mol. The summed E-state index contributed by atoms with van der Waals surface area (Å²) in [5.74, 6) is -0.648. The van der Waals surface area contributed by atoms with Gasteiger partial charge in [0.2, 0.25) is 0 Å². The molecule has 2 rings (SSSR count). The fourth-order valence-corrected chi connectivity index (χ4v) is 2.37. The highest BCUT2D eigenvalue weighted by atomic mass is 16.4. The van der Waals surface area contributed by atoms with Crippen LogP contribution in [0.1, 0.15) is 23.2 Å². The second kappa shape index (κ2) is 5.27. The first-order valence-corrected chi connectivity index (χ1v) is 6.11. The number of carboxylic acid groups (broad SMARTS) is 1. The molecule has 1 aromatic rings. The zero-order valence-corrected chi connectivity index (χ0v) is 10.2. The van der Waals surface area contributed by atoms with Crippen LogP contribution in [0.3, 0.4) is 0 Å². The lowest BCUT2D eigenvalue weighted by molar-refractivity contribution is 0.0698. The van der Waals surface area contributed by atoms with Crippen LogP contribution in [0.15, 0.2) is 18.2 Å². The third-order valence-electron chi connectivity index (χ3n) is 3.53. The Balaban J connectivity index is 2.19. The minimum Gasteiger partial charge on any atom is -0.478 e. The number of nitrogens with two attached hydrogens (primary N) is 1. The number of hydrogen-bond donors (Lipinski definition) is 3. The van der Waals surface area contributed by atoms with Gasteiger partial charge in [-0.1, -0.05) is 6.07 Å². The maximum absolute atomic E-state index is 11.0. The van der Waals surface area contributed by atoms with E-state index in [9.17, 15) is 4.79 Å². The zero-order chi connectivity index (χ0) is 13.1. The Morgan fingerprint density at radius 2 is 2.06 bits per heavy atom. The van der Waals surface area contributed by atoms with Gasteiger partial charge < -0.3 is 20.8 Å². The number of aromatic carboxylic acids is 1. The molecule has 4 N–H and O–H groups in total. The highest BCUT2D eigenvalue weighted by Gasteiger charge is 2.21. The van der Waals surface area contributed by atoms with Crippen LogP contribution in [0.4, 0.5) is 11.4 Å². The number of nitrogens with zero attached hydrogens (tertiary/aromatic N) is 1. The first-order chi connectivity index (χ1) is 8.63. The Kier molecular flexibility index (Phi) is 3.72. The van der Waals surface area contributed by atoms with Crippen LogP contribution in [-0.2, 0) is 0 Å². The van der Waals surface area contributed by atoms with E-state index in [1.54, 1.807) is 6.07 Å². The smallest absolute Gasteiger partial charge is 0.337 e. The minimum atomic E-state index is -1.00. The SMILES string of the molecule is Nc1c(C(=O)O)cccc1N1CCC(CO)CC1. The summed E-state index contributed by atoms with van der Waals surface area (Å²) < 4.78 is 0. The molecule has 0 atom stereocenters. The number of aliphatic hydroxyl groups is 1. The van der Waals surface area contributed by atoms with Crippen molar-refractivity contribution in [3.8, 4) is 0 Å². The summed E-state index contributed by atoms with van der Waals surface area (Å²) in [6, 6.07) is 5.08. The number of piperidine rings is 1. The van der Waals surface area contributed by atoms with Crippen molar-refractivity contribution in [2.45, 2.75) is 12.8 Å². The average Bonchev–Trinajstić information content (AvgIpc) is 2.39. The molecule has 0 saturated carbocycles. The maximum atomic E-state index is 11.0. The van der Waals surface area contributed by atoms with E-state index in [0.717, 1.165) is 31.6 Å². The number of rotatable bonds is 3. The molecule has 0 aliphatic carbocycles. The summed E-state index contributed by atoms with van der Waals surface area (Å²) in [5, 5.41) is 18.1. The molecule has 5 nitrogen and oxygen atoms in total. The number of anilines is 2. The number of aliphatic hydroxyl groups excluding tert-OH is 1. The van der Waals surface area contributed by atoms with E-state index in [-0.39, 0.29) is 12.2 Å². The quantitative estimate of drug-likeness (QED) is 0.701. The molecule has 5 heteroatoms. The van der Waals surface area contributed by atoms with Gasteiger partial charge >= 0.3 is 5.97 Å². The van der Waals surface area contributed by atoms with Gasteiger partial charge in [0.1, 0.15) is 0 Å². The molecule has 1 fully saturated rings. The molecule has 1 aliphatic rings. The third kappa shape index (κ3) is 2.41. The predicted octanol–water partition coefficient (Wildman–Crippen LogP) is 1.18. The molecule has 18 heavy (non-hydrogen) atoms. The molecule has 0 radical (unpaired) electrons. The summed E-state index contributed by atoms with van der Waals surface area (Å²) >= 11 is 0. The van der Waals surface area contributed by atoms with E-state index in [0.29, 0.717) is 11.6 Å². The Morgan fingerprint density at radius 1 is 1.39 bits per heavy atom. The summed E-state index contributed by atoms with van der Waals surface area (Å²) in [6.45, 7) is 1.83. The Bertz CT molecular complexity index is 440. The van der Waals surface area contributed by atoms with Crippen molar-refractivity contribution in [1.82, 2.24) is 0 Å². The van der Waals surface area contributed by atoms with E-state index in [1.165, 1.54) is 6.07 Å². The summed E-state index contributed by atoms with van der Waals surface area (Å²) in [7, 11) is 0. The van der Waals surface area contributed by atoms with Gasteiger partial charge in [0.05, 0.1) is 16.9 Å². The van der Waals surface area contributed by atoms with Gasteiger partial charge in [0.25, 0.3) is 0 Å². The van der Waals surface area contributed by atoms with Crippen LogP contribution in [0.2, 0.25) is 0 Å². The van der Waals surface area contributed by atoms with Crippen LogP contribution in [0.5, 0.6) is 0 Å². The second-order valence-electron chi connectivity index (χ2n) is 4.66. The minimum absolute atomic E-state index is 0.150. The fraction of sp³-hybridized carbons (Fsp3) is 0.462. The van der Waals surface area contributed by atoms with Gasteiger partial charge in [-0.15, -0.1) is 0 Å². The normalized spacial score (nSPS) is 16.8. The molecule has 0 aromatic heterocycles. The topological polar surface area (TPSA) is 86.8 Å². The lowest BCUT2D eigenvalue weighted by Crippen LogP contribution is -2.35. The summed E-state index contributed by atoms with van der Waals surface area (Å²) in [6.07, 6.45) is 1.82. The van der Waals surface area contributed by atoms with Gasteiger partial charge in [0, 0.05) is 19.7 Å². The summed E-state index contributed by atoms with van der Waals surface area (Å²) in [5.41, 5.74) is 7.17. The Morgan fingerprint density at radius 3 is 2.61 bits per heavy atom. The molecule has 0 unspecified atom stereocenters. The molecule has 1 aliphatic heterocycles. The van der Waals surface area contributed by atoms with Crippen molar-refractivity contribution in [3.05, 3.63) is 23.8 Å². The van der Waals surface area contributed by atoms with E-state index >= 15 is 0 Å². The zero-order valence-electron chi connectivity index (χ0n) is 10.2. The molecule has 0 amide bonds. The maximum Gasteiger partial charge on any atom is 0.337 e. The highest BCUT2D eigenvalue weighted by molar-refractivity contribution is 5.97. The number of nitrogen functional groups attached to an aromatic ring is 1. The van der Waals surface area contributed by atoms with Crippen molar-refractivity contribution in [2.24, 2.45) is 5.92 Å². The molecule has 0 bridgehead atoms. The lowest BCUT2D eigenvalue weighted by atomic mass is 9.97. The van der Waals surface area contributed by atoms with Crippen molar-refractivity contribution < 1.29 is 15.0 Å². The first kappa shape index (κ1) is 12.7. The van der Waals surface area contributed by atoms with E-state index < -0.39 is 5.97 Å². The predicted molar refractivity (Wildman–Crippen MR) is 69.8 cm³/mol. The van der Waals surface area contributed by atoms with Crippen LogP contribution in [-0.4, -0.2) is 35.9 Å². The molecular weight excluding hydrogens is 232 g/mol. The number of benzene rings is 1. The van der Waals surface area contributed by atoms with Gasteiger partial charge in [-0.2, -0.15) is 0 Å². The fourth-order valence-electron chi connectivity index (χ4n) is 2.37. The van der Waals surface area contributed by atoms with E-state index in [4.69, 9.17) is 15.9 Å². The van der Waals surface area contributed by atoms with Gasteiger partial charge in [0.15, 0.2) is 0 Å².